The van der Waals surface area contributed by atoms with Gasteiger partial charge in [0.05, 0.1) is 16.8 Å². The number of hydrogen-bond acceptors (Lipinski definition) is 5. The van der Waals surface area contributed by atoms with Gasteiger partial charge in [0.1, 0.15) is 5.82 Å². The smallest absolute Gasteiger partial charge is 0.191 e. The molecule has 7 heteroatoms. The Kier molecular flexibility index (Phi) is 4.17. The van der Waals surface area contributed by atoms with Gasteiger partial charge in [0.2, 0.25) is 0 Å². The summed E-state index contributed by atoms with van der Waals surface area (Å²) in [4.78, 5) is 12.3. The number of H-pyrrole nitrogens is 1. The molecule has 0 amide bonds. The number of aromatic nitrogens is 5. The Bertz CT molecular complexity index is 887. The zero-order valence-electron chi connectivity index (χ0n) is 13.4. The minimum Gasteiger partial charge on any atom is -0.341 e. The Labute approximate surface area is 144 Å². The lowest BCUT2D eigenvalue weighted by atomic mass is 10.2. The van der Waals surface area contributed by atoms with Crippen molar-refractivity contribution in [2.24, 2.45) is 4.99 Å². The Morgan fingerprint density at radius 3 is 2.96 bits per heavy atom. The van der Waals surface area contributed by atoms with Crippen molar-refractivity contribution in [3.8, 4) is 0 Å². The standard InChI is InChI=1S/C17H18N6S/c1-2-23-16(12-6-5-9-18-10-12)21-22-17(23)24-11-15-19-13-7-3-4-8-14(13)20-15/h3-4,6-8,10H,2,5,9,11H2,1H3,(H,19,20). The van der Waals surface area contributed by atoms with Crippen LogP contribution in [0, 0.1) is 0 Å². The minimum absolute atomic E-state index is 0.736. The van der Waals surface area contributed by atoms with E-state index in [1.165, 1.54) is 0 Å². The molecule has 122 valence electrons. The number of thioether (sulfide) groups is 1. The first-order valence-corrected chi connectivity index (χ1v) is 9.03. The molecule has 0 fully saturated rings. The van der Waals surface area contributed by atoms with E-state index in [-0.39, 0.29) is 0 Å². The van der Waals surface area contributed by atoms with Gasteiger partial charge in [-0.15, -0.1) is 10.2 Å². The zero-order valence-corrected chi connectivity index (χ0v) is 14.3. The van der Waals surface area contributed by atoms with Gasteiger partial charge in [-0.25, -0.2) is 4.98 Å². The molecule has 1 N–H and O–H groups in total. The number of aliphatic imine (C=N–C) groups is 1. The number of para-hydroxylation sites is 2. The molecule has 6 nitrogen and oxygen atoms in total. The van der Waals surface area contributed by atoms with Crippen molar-refractivity contribution in [1.29, 1.82) is 0 Å². The van der Waals surface area contributed by atoms with E-state index in [4.69, 9.17) is 0 Å². The molecule has 1 aliphatic rings. The van der Waals surface area contributed by atoms with Crippen LogP contribution in [0.15, 0.2) is 40.5 Å². The number of hydrogen-bond donors (Lipinski definition) is 1. The number of fused-ring (bicyclic) bond motifs is 1. The highest BCUT2D eigenvalue weighted by Crippen LogP contribution is 2.25. The second kappa shape index (κ2) is 6.60. The van der Waals surface area contributed by atoms with Gasteiger partial charge < -0.3 is 9.55 Å². The van der Waals surface area contributed by atoms with Crippen LogP contribution in [0.2, 0.25) is 0 Å². The maximum Gasteiger partial charge on any atom is 0.191 e. The molecule has 24 heavy (non-hydrogen) atoms. The summed E-state index contributed by atoms with van der Waals surface area (Å²) in [7, 11) is 0. The third-order valence-electron chi connectivity index (χ3n) is 3.92. The monoisotopic (exact) mass is 338 g/mol. The first-order chi connectivity index (χ1) is 11.8. The van der Waals surface area contributed by atoms with Crippen molar-refractivity contribution >= 4 is 34.6 Å². The Morgan fingerprint density at radius 2 is 2.17 bits per heavy atom. The molecule has 0 saturated heterocycles. The van der Waals surface area contributed by atoms with Crippen molar-refractivity contribution in [1.82, 2.24) is 24.7 Å². The summed E-state index contributed by atoms with van der Waals surface area (Å²) in [5, 5.41) is 9.64. The fraction of sp³-hybridized carbons (Fsp3) is 0.294. The topological polar surface area (TPSA) is 71.8 Å². The first-order valence-electron chi connectivity index (χ1n) is 8.05. The highest BCUT2D eigenvalue weighted by Gasteiger charge is 2.15. The average Bonchev–Trinajstić information content (AvgIpc) is 3.23. The van der Waals surface area contributed by atoms with Gasteiger partial charge in [-0.3, -0.25) is 4.99 Å². The van der Waals surface area contributed by atoms with Crippen LogP contribution in [0.25, 0.3) is 16.6 Å². The largest absolute Gasteiger partial charge is 0.341 e. The normalized spacial score (nSPS) is 14.3. The van der Waals surface area contributed by atoms with E-state index in [0.717, 1.165) is 58.7 Å². The summed E-state index contributed by atoms with van der Waals surface area (Å²) >= 11 is 1.65. The predicted octanol–water partition coefficient (Wildman–Crippen LogP) is 3.32. The zero-order chi connectivity index (χ0) is 16.4. The van der Waals surface area contributed by atoms with Crippen LogP contribution in [0.1, 0.15) is 25.0 Å². The van der Waals surface area contributed by atoms with Crippen LogP contribution in [0.5, 0.6) is 0 Å². The van der Waals surface area contributed by atoms with Gasteiger partial charge in [0.25, 0.3) is 0 Å². The maximum absolute atomic E-state index is 4.61. The molecule has 2 aromatic heterocycles. The first kappa shape index (κ1) is 15.1. The number of dihydropyridines is 1. The Morgan fingerprint density at radius 1 is 1.25 bits per heavy atom. The highest BCUT2D eigenvalue weighted by molar-refractivity contribution is 7.98. The maximum atomic E-state index is 4.61. The van der Waals surface area contributed by atoms with Gasteiger partial charge in [-0.2, -0.15) is 0 Å². The molecule has 1 aromatic carbocycles. The van der Waals surface area contributed by atoms with E-state index in [9.17, 15) is 0 Å². The van der Waals surface area contributed by atoms with E-state index in [2.05, 4.69) is 42.7 Å². The number of allylic oxidation sites excluding steroid dienone is 1. The second-order valence-corrected chi connectivity index (χ2v) is 6.47. The molecule has 0 saturated carbocycles. The van der Waals surface area contributed by atoms with E-state index >= 15 is 0 Å². The van der Waals surface area contributed by atoms with E-state index < -0.39 is 0 Å². The number of rotatable bonds is 5. The molecule has 1 aliphatic heterocycles. The predicted molar refractivity (Wildman–Crippen MR) is 97.3 cm³/mol. The molecule has 0 atom stereocenters. The summed E-state index contributed by atoms with van der Waals surface area (Å²) in [5.74, 6) is 2.58. The lowest BCUT2D eigenvalue weighted by Crippen LogP contribution is -2.05. The van der Waals surface area contributed by atoms with Gasteiger partial charge >= 0.3 is 0 Å². The molecule has 0 radical (unpaired) electrons. The van der Waals surface area contributed by atoms with E-state index in [1.54, 1.807) is 11.8 Å². The highest BCUT2D eigenvalue weighted by atomic mass is 32.2. The number of nitrogens with one attached hydrogen (secondary N) is 1. The van der Waals surface area contributed by atoms with E-state index in [0.29, 0.717) is 0 Å². The molecule has 3 heterocycles. The van der Waals surface area contributed by atoms with Gasteiger partial charge in [-0.1, -0.05) is 30.0 Å². The second-order valence-electron chi connectivity index (χ2n) is 5.52. The van der Waals surface area contributed by atoms with Crippen molar-refractivity contribution in [2.45, 2.75) is 30.8 Å². The summed E-state index contributed by atoms with van der Waals surface area (Å²) in [6, 6.07) is 8.07. The number of benzene rings is 1. The van der Waals surface area contributed by atoms with Crippen LogP contribution in [0.4, 0.5) is 0 Å². The fourth-order valence-corrected chi connectivity index (χ4v) is 3.63. The summed E-state index contributed by atoms with van der Waals surface area (Å²) < 4.78 is 2.14. The molecule has 0 aliphatic carbocycles. The molecule has 0 spiro atoms. The van der Waals surface area contributed by atoms with Crippen molar-refractivity contribution in [3.05, 3.63) is 42.0 Å². The lowest BCUT2D eigenvalue weighted by Gasteiger charge is -2.09. The molecule has 0 unspecified atom stereocenters. The summed E-state index contributed by atoms with van der Waals surface area (Å²) in [5.41, 5.74) is 3.12. The van der Waals surface area contributed by atoms with Crippen molar-refractivity contribution in [2.75, 3.05) is 6.54 Å². The molecular weight excluding hydrogens is 320 g/mol. The van der Waals surface area contributed by atoms with Gasteiger partial charge in [-0.05, 0) is 25.5 Å². The molecular formula is C17H18N6S. The quantitative estimate of drug-likeness (QED) is 0.724. The lowest BCUT2D eigenvalue weighted by molar-refractivity contribution is 0.674. The van der Waals surface area contributed by atoms with Crippen molar-refractivity contribution < 1.29 is 0 Å². The van der Waals surface area contributed by atoms with E-state index in [1.807, 2.05) is 30.5 Å². The third-order valence-corrected chi connectivity index (χ3v) is 4.90. The SMILES string of the molecule is CCn1c(SCc2nc3ccccc3[nH]2)nnc1C1=CCCN=C1. The van der Waals surface area contributed by atoms with Crippen LogP contribution in [-0.2, 0) is 12.3 Å². The fourth-order valence-electron chi connectivity index (χ4n) is 2.76. The van der Waals surface area contributed by atoms with Crippen molar-refractivity contribution in [3.63, 3.8) is 0 Å². The Hall–Kier alpha value is -2.41. The number of aromatic amines is 1. The molecule has 0 bridgehead atoms. The molecule has 3 aromatic rings. The minimum atomic E-state index is 0.736. The van der Waals surface area contributed by atoms with Gasteiger partial charge in [0, 0.05) is 24.9 Å². The van der Waals surface area contributed by atoms with Crippen LogP contribution in [0.3, 0.4) is 0 Å². The van der Waals surface area contributed by atoms with Crippen LogP contribution in [-0.4, -0.2) is 37.5 Å². The van der Waals surface area contributed by atoms with Gasteiger partial charge in [0.15, 0.2) is 11.0 Å². The summed E-state index contributed by atoms with van der Waals surface area (Å²) in [6.07, 6.45) is 5.04. The Balaban J connectivity index is 1.55. The van der Waals surface area contributed by atoms with Crippen LogP contribution >= 0.6 is 11.8 Å². The van der Waals surface area contributed by atoms with Crippen LogP contribution < -0.4 is 0 Å². The summed E-state index contributed by atoms with van der Waals surface area (Å²) in [6.45, 7) is 3.80. The number of imidazole rings is 1. The average molecular weight is 338 g/mol. The number of nitrogens with zero attached hydrogens (tertiary/aromatic N) is 5. The third kappa shape index (κ3) is 2.87. The molecule has 4 rings (SSSR count).